The summed E-state index contributed by atoms with van der Waals surface area (Å²) in [5, 5.41) is 0. The number of fused-ring (bicyclic) bond motifs is 1. The monoisotopic (exact) mass is 239 g/mol. The minimum absolute atomic E-state index is 0.0146. The maximum absolute atomic E-state index is 13.0. The lowest BCUT2D eigenvalue weighted by Gasteiger charge is -2.14. The Hall–Kier alpha value is -2.11. The van der Waals surface area contributed by atoms with Crippen molar-refractivity contribution in [1.29, 1.82) is 0 Å². The van der Waals surface area contributed by atoms with Crippen LogP contribution in [0.25, 0.3) is 0 Å². The molecule has 88 valence electrons. The molecule has 0 spiro atoms. The Morgan fingerprint density at radius 1 is 1.18 bits per heavy atom. The van der Waals surface area contributed by atoms with Gasteiger partial charge in [-0.05, 0) is 6.07 Å². The van der Waals surface area contributed by atoms with E-state index in [1.165, 1.54) is 0 Å². The molecule has 0 saturated carbocycles. The van der Waals surface area contributed by atoms with E-state index in [0.29, 0.717) is 12.4 Å². The van der Waals surface area contributed by atoms with Crippen LogP contribution >= 0.6 is 0 Å². The smallest absolute Gasteiger partial charge is 0.299 e. The fourth-order valence-corrected chi connectivity index (χ4v) is 1.69. The van der Waals surface area contributed by atoms with E-state index in [1.54, 1.807) is 0 Å². The number of benzene rings is 1. The van der Waals surface area contributed by atoms with Crippen LogP contribution in [0.15, 0.2) is 12.1 Å². The lowest BCUT2D eigenvalue weighted by molar-refractivity contribution is -0.114. The SMILES string of the molecule is O=CCCN1C(=O)C(=O)c2cc(F)c(F)cc21. The van der Waals surface area contributed by atoms with E-state index in [0.717, 1.165) is 11.0 Å². The Morgan fingerprint density at radius 2 is 1.82 bits per heavy atom. The van der Waals surface area contributed by atoms with Gasteiger partial charge in [-0.1, -0.05) is 0 Å². The van der Waals surface area contributed by atoms with Crippen LogP contribution in [0.4, 0.5) is 14.5 Å². The summed E-state index contributed by atoms with van der Waals surface area (Å²) in [4.78, 5) is 34.2. The molecular formula is C11H7F2NO3. The first-order valence-electron chi connectivity index (χ1n) is 4.85. The van der Waals surface area contributed by atoms with Gasteiger partial charge in [-0.25, -0.2) is 8.78 Å². The van der Waals surface area contributed by atoms with Crippen LogP contribution < -0.4 is 4.90 Å². The van der Waals surface area contributed by atoms with Crippen LogP contribution in [0, 0.1) is 11.6 Å². The topological polar surface area (TPSA) is 54.5 Å². The minimum Gasteiger partial charge on any atom is -0.304 e. The molecule has 1 aromatic rings. The molecule has 1 amide bonds. The Kier molecular flexibility index (Phi) is 2.71. The van der Waals surface area contributed by atoms with Crippen LogP contribution in [0.3, 0.4) is 0 Å². The number of carbonyl (C=O) groups excluding carboxylic acids is 3. The van der Waals surface area contributed by atoms with Gasteiger partial charge in [0.15, 0.2) is 11.6 Å². The molecule has 4 nitrogen and oxygen atoms in total. The molecule has 0 atom stereocenters. The van der Waals surface area contributed by atoms with E-state index in [1.807, 2.05) is 0 Å². The minimum atomic E-state index is -1.18. The Morgan fingerprint density at radius 3 is 2.47 bits per heavy atom. The van der Waals surface area contributed by atoms with Crippen molar-refractivity contribution in [3.8, 4) is 0 Å². The number of hydrogen-bond acceptors (Lipinski definition) is 3. The first kappa shape index (κ1) is 11.4. The van der Waals surface area contributed by atoms with Crippen molar-refractivity contribution in [2.24, 2.45) is 0 Å². The number of carbonyl (C=O) groups is 3. The molecule has 0 bridgehead atoms. The molecule has 1 aliphatic heterocycles. The van der Waals surface area contributed by atoms with Gasteiger partial charge >= 0.3 is 0 Å². The molecule has 1 heterocycles. The van der Waals surface area contributed by atoms with Gasteiger partial charge in [0.2, 0.25) is 0 Å². The molecule has 6 heteroatoms. The average Bonchev–Trinajstić information content (AvgIpc) is 2.52. The van der Waals surface area contributed by atoms with E-state index in [4.69, 9.17) is 0 Å². The predicted octanol–water partition coefficient (Wildman–Crippen LogP) is 1.08. The molecule has 1 aromatic carbocycles. The van der Waals surface area contributed by atoms with Crippen molar-refractivity contribution in [3.63, 3.8) is 0 Å². The second-order valence-corrected chi connectivity index (χ2v) is 3.52. The fourth-order valence-electron chi connectivity index (χ4n) is 1.69. The number of nitrogens with zero attached hydrogens (tertiary/aromatic N) is 1. The van der Waals surface area contributed by atoms with Gasteiger partial charge < -0.3 is 9.69 Å². The number of anilines is 1. The Bertz CT molecular complexity index is 528. The van der Waals surface area contributed by atoms with Crippen molar-refractivity contribution < 1.29 is 23.2 Å². The summed E-state index contributed by atoms with van der Waals surface area (Å²) in [7, 11) is 0. The zero-order chi connectivity index (χ0) is 12.6. The Balaban J connectivity index is 2.48. The number of rotatable bonds is 3. The second kappa shape index (κ2) is 4.04. The van der Waals surface area contributed by atoms with Crippen LogP contribution in [0.1, 0.15) is 16.8 Å². The first-order chi connectivity index (χ1) is 8.06. The predicted molar refractivity (Wildman–Crippen MR) is 53.7 cm³/mol. The summed E-state index contributed by atoms with van der Waals surface area (Å²) in [6, 6.07) is 1.49. The molecular weight excluding hydrogens is 232 g/mol. The van der Waals surface area contributed by atoms with Crippen molar-refractivity contribution in [1.82, 2.24) is 0 Å². The Labute approximate surface area is 94.8 Å². The number of hydrogen-bond donors (Lipinski definition) is 0. The third kappa shape index (κ3) is 1.71. The average molecular weight is 239 g/mol. The van der Waals surface area contributed by atoms with E-state index in [-0.39, 0.29) is 24.2 Å². The summed E-state index contributed by atoms with van der Waals surface area (Å²) >= 11 is 0. The van der Waals surface area contributed by atoms with Crippen molar-refractivity contribution in [3.05, 3.63) is 29.3 Å². The molecule has 17 heavy (non-hydrogen) atoms. The summed E-state index contributed by atoms with van der Waals surface area (Å²) in [5.41, 5.74) is -0.152. The highest BCUT2D eigenvalue weighted by Crippen LogP contribution is 2.30. The van der Waals surface area contributed by atoms with Crippen molar-refractivity contribution in [2.75, 3.05) is 11.4 Å². The molecule has 2 rings (SSSR count). The summed E-state index contributed by atoms with van der Waals surface area (Å²) in [6.45, 7) is -0.0217. The third-order valence-electron chi connectivity index (χ3n) is 2.48. The standard InChI is InChI=1S/C11H7F2NO3/c12-7-4-6-9(5-8(7)13)14(2-1-3-15)11(17)10(6)16/h3-5H,1-2H2. The maximum atomic E-state index is 13.0. The van der Waals surface area contributed by atoms with Gasteiger partial charge in [-0.15, -0.1) is 0 Å². The van der Waals surface area contributed by atoms with E-state index in [2.05, 4.69) is 0 Å². The van der Waals surface area contributed by atoms with Gasteiger partial charge in [-0.3, -0.25) is 9.59 Å². The van der Waals surface area contributed by atoms with Crippen molar-refractivity contribution >= 4 is 23.7 Å². The summed E-state index contributed by atoms with van der Waals surface area (Å²) in [5.74, 6) is -4.07. The zero-order valence-corrected chi connectivity index (χ0v) is 8.57. The largest absolute Gasteiger partial charge is 0.304 e. The van der Waals surface area contributed by atoms with Crippen LogP contribution in [-0.4, -0.2) is 24.5 Å². The quantitative estimate of drug-likeness (QED) is 0.586. The second-order valence-electron chi connectivity index (χ2n) is 3.52. The number of aldehydes is 1. The molecule has 1 aliphatic rings. The normalized spacial score (nSPS) is 14.1. The highest BCUT2D eigenvalue weighted by Gasteiger charge is 2.36. The number of amides is 1. The molecule has 0 aliphatic carbocycles. The van der Waals surface area contributed by atoms with Gasteiger partial charge in [0.1, 0.15) is 6.29 Å². The van der Waals surface area contributed by atoms with Crippen LogP contribution in [0.5, 0.6) is 0 Å². The highest BCUT2D eigenvalue weighted by molar-refractivity contribution is 6.52. The van der Waals surface area contributed by atoms with Crippen LogP contribution in [-0.2, 0) is 9.59 Å². The van der Waals surface area contributed by atoms with E-state index >= 15 is 0 Å². The van der Waals surface area contributed by atoms with E-state index in [9.17, 15) is 23.2 Å². The molecule has 0 saturated heterocycles. The zero-order valence-electron chi connectivity index (χ0n) is 8.57. The molecule has 0 aromatic heterocycles. The van der Waals surface area contributed by atoms with Gasteiger partial charge in [0.05, 0.1) is 11.3 Å². The summed E-state index contributed by atoms with van der Waals surface area (Å²) in [6.07, 6.45) is 0.604. The first-order valence-corrected chi connectivity index (χ1v) is 4.85. The molecule has 0 radical (unpaired) electrons. The highest BCUT2D eigenvalue weighted by atomic mass is 19.2. The van der Waals surface area contributed by atoms with E-state index < -0.39 is 23.3 Å². The van der Waals surface area contributed by atoms with Gasteiger partial charge in [0.25, 0.3) is 11.7 Å². The lowest BCUT2D eigenvalue weighted by Crippen LogP contribution is -2.30. The third-order valence-corrected chi connectivity index (χ3v) is 2.48. The van der Waals surface area contributed by atoms with Gasteiger partial charge in [0, 0.05) is 19.0 Å². The number of halogens is 2. The van der Waals surface area contributed by atoms with Gasteiger partial charge in [-0.2, -0.15) is 0 Å². The summed E-state index contributed by atoms with van der Waals surface area (Å²) < 4.78 is 26.0. The molecule has 0 N–H and O–H groups in total. The lowest BCUT2D eigenvalue weighted by atomic mass is 10.1. The maximum Gasteiger partial charge on any atom is 0.299 e. The molecule has 0 fully saturated rings. The number of Topliss-reactive ketones (excluding diaryl/α,β-unsaturated/α-hetero) is 1. The van der Waals surface area contributed by atoms with Crippen molar-refractivity contribution in [2.45, 2.75) is 6.42 Å². The fraction of sp³-hybridized carbons (Fsp3) is 0.182. The van der Waals surface area contributed by atoms with Crippen LogP contribution in [0.2, 0.25) is 0 Å². The molecule has 0 unspecified atom stereocenters. The number of ketones is 1.